The quantitative estimate of drug-likeness (QED) is 0.601. The smallest absolute Gasteiger partial charge is 0.338 e. The predicted molar refractivity (Wildman–Crippen MR) is 53.8 cm³/mol. The maximum absolute atomic E-state index is 11.1. The molecule has 3 nitrogen and oxygen atoms in total. The standard InChI is InChI=1S/C10H9BrO3/c1-13-10(12)9-8(14-9)6-3-2-4-7(11)5-6/h2-5,8-9H,1H3. The lowest BCUT2D eigenvalue weighted by molar-refractivity contribution is -0.142. The molecular formula is C10H9BrO3. The minimum absolute atomic E-state index is 0.139. The van der Waals surface area contributed by atoms with Crippen LogP contribution >= 0.6 is 15.9 Å². The van der Waals surface area contributed by atoms with Crippen molar-refractivity contribution < 1.29 is 14.3 Å². The molecule has 1 saturated heterocycles. The average molecular weight is 257 g/mol. The van der Waals surface area contributed by atoms with Crippen LogP contribution in [-0.4, -0.2) is 19.2 Å². The van der Waals surface area contributed by atoms with Crippen LogP contribution in [0.25, 0.3) is 0 Å². The Hall–Kier alpha value is -0.870. The number of halogens is 1. The summed E-state index contributed by atoms with van der Waals surface area (Å²) >= 11 is 3.36. The number of carbonyl (C=O) groups is 1. The molecule has 1 fully saturated rings. The van der Waals surface area contributed by atoms with Crippen LogP contribution in [0.3, 0.4) is 0 Å². The van der Waals surface area contributed by atoms with Crippen molar-refractivity contribution in [1.29, 1.82) is 0 Å². The van der Waals surface area contributed by atoms with E-state index in [4.69, 9.17) is 4.74 Å². The van der Waals surface area contributed by atoms with Gasteiger partial charge in [-0.2, -0.15) is 0 Å². The van der Waals surface area contributed by atoms with Crippen LogP contribution in [0.5, 0.6) is 0 Å². The maximum atomic E-state index is 11.1. The van der Waals surface area contributed by atoms with Gasteiger partial charge in [0.1, 0.15) is 6.10 Å². The molecule has 0 saturated carbocycles. The number of hydrogen-bond donors (Lipinski definition) is 0. The van der Waals surface area contributed by atoms with E-state index >= 15 is 0 Å². The van der Waals surface area contributed by atoms with Gasteiger partial charge in [0.25, 0.3) is 0 Å². The summed E-state index contributed by atoms with van der Waals surface area (Å²) in [4.78, 5) is 11.1. The molecule has 0 amide bonds. The number of methoxy groups -OCH3 is 1. The minimum atomic E-state index is -0.422. The van der Waals surface area contributed by atoms with Crippen molar-refractivity contribution in [2.75, 3.05) is 7.11 Å². The number of ether oxygens (including phenoxy) is 2. The normalized spacial score (nSPS) is 24.4. The summed E-state index contributed by atoms with van der Waals surface area (Å²) in [5, 5.41) is 0. The molecule has 1 aliphatic heterocycles. The molecule has 0 N–H and O–H groups in total. The fourth-order valence-corrected chi connectivity index (χ4v) is 1.76. The van der Waals surface area contributed by atoms with Gasteiger partial charge in [0.05, 0.1) is 7.11 Å². The summed E-state index contributed by atoms with van der Waals surface area (Å²) in [6.07, 6.45) is -0.561. The van der Waals surface area contributed by atoms with Gasteiger partial charge in [-0.1, -0.05) is 28.1 Å². The van der Waals surface area contributed by atoms with Gasteiger partial charge in [0.15, 0.2) is 6.10 Å². The second-order valence-electron chi connectivity index (χ2n) is 3.06. The Kier molecular flexibility index (Phi) is 2.56. The number of hydrogen-bond acceptors (Lipinski definition) is 3. The third-order valence-corrected chi connectivity index (χ3v) is 2.60. The van der Waals surface area contributed by atoms with Crippen LogP contribution in [-0.2, 0) is 14.3 Å². The molecule has 4 heteroatoms. The number of esters is 1. The Morgan fingerprint density at radius 3 is 3.00 bits per heavy atom. The average Bonchev–Trinajstić information content (AvgIpc) is 2.96. The van der Waals surface area contributed by atoms with Crippen molar-refractivity contribution in [1.82, 2.24) is 0 Å². The highest BCUT2D eigenvalue weighted by atomic mass is 79.9. The minimum Gasteiger partial charge on any atom is -0.467 e. The number of rotatable bonds is 2. The van der Waals surface area contributed by atoms with Gasteiger partial charge in [0.2, 0.25) is 0 Å². The number of epoxide rings is 1. The molecule has 1 heterocycles. The topological polar surface area (TPSA) is 38.8 Å². The highest BCUT2D eigenvalue weighted by molar-refractivity contribution is 9.10. The Morgan fingerprint density at radius 1 is 1.57 bits per heavy atom. The first-order chi connectivity index (χ1) is 6.72. The monoisotopic (exact) mass is 256 g/mol. The maximum Gasteiger partial charge on any atom is 0.338 e. The Balaban J connectivity index is 2.09. The molecule has 14 heavy (non-hydrogen) atoms. The van der Waals surface area contributed by atoms with Crippen molar-refractivity contribution in [3.05, 3.63) is 34.3 Å². The molecule has 1 aromatic carbocycles. The molecule has 0 radical (unpaired) electrons. The molecule has 0 aliphatic carbocycles. The van der Waals surface area contributed by atoms with Crippen LogP contribution in [0, 0.1) is 0 Å². The molecule has 74 valence electrons. The number of benzene rings is 1. The molecule has 2 unspecified atom stereocenters. The molecule has 0 aromatic heterocycles. The molecule has 0 bridgehead atoms. The van der Waals surface area contributed by atoms with Crippen molar-refractivity contribution in [3.63, 3.8) is 0 Å². The largest absolute Gasteiger partial charge is 0.467 e. The Bertz CT molecular complexity index is 364. The third-order valence-electron chi connectivity index (χ3n) is 2.10. The summed E-state index contributed by atoms with van der Waals surface area (Å²) in [6.45, 7) is 0. The van der Waals surface area contributed by atoms with Gasteiger partial charge in [-0.25, -0.2) is 4.79 Å². The lowest BCUT2D eigenvalue weighted by Gasteiger charge is -1.96. The molecule has 1 aliphatic rings. The van der Waals surface area contributed by atoms with Crippen molar-refractivity contribution in [2.24, 2.45) is 0 Å². The van der Waals surface area contributed by atoms with Gasteiger partial charge in [-0.05, 0) is 17.7 Å². The van der Waals surface area contributed by atoms with Crippen molar-refractivity contribution in [3.8, 4) is 0 Å². The van der Waals surface area contributed by atoms with Crippen LogP contribution < -0.4 is 0 Å². The molecular weight excluding hydrogens is 248 g/mol. The van der Waals surface area contributed by atoms with Crippen LogP contribution in [0.15, 0.2) is 28.7 Å². The first-order valence-corrected chi connectivity index (χ1v) is 5.00. The van der Waals surface area contributed by atoms with Gasteiger partial charge >= 0.3 is 5.97 Å². The summed E-state index contributed by atoms with van der Waals surface area (Å²) in [5.74, 6) is -0.310. The first kappa shape index (κ1) is 9.68. The van der Waals surface area contributed by atoms with Crippen LogP contribution in [0.4, 0.5) is 0 Å². The van der Waals surface area contributed by atoms with Crippen molar-refractivity contribution in [2.45, 2.75) is 12.2 Å². The summed E-state index contributed by atoms with van der Waals surface area (Å²) in [5.41, 5.74) is 0.995. The van der Waals surface area contributed by atoms with E-state index in [9.17, 15) is 4.79 Å². The Labute approximate surface area is 90.1 Å². The summed E-state index contributed by atoms with van der Waals surface area (Å²) < 4.78 is 10.8. The molecule has 0 spiro atoms. The second kappa shape index (κ2) is 3.71. The van der Waals surface area contributed by atoms with E-state index in [1.807, 2.05) is 24.3 Å². The van der Waals surface area contributed by atoms with E-state index < -0.39 is 6.10 Å². The molecule has 1 aromatic rings. The van der Waals surface area contributed by atoms with Crippen LogP contribution in [0.1, 0.15) is 11.7 Å². The van der Waals surface area contributed by atoms with E-state index in [0.29, 0.717) is 0 Å². The van der Waals surface area contributed by atoms with E-state index in [1.165, 1.54) is 7.11 Å². The van der Waals surface area contributed by atoms with E-state index in [1.54, 1.807) is 0 Å². The lowest BCUT2D eigenvalue weighted by Crippen LogP contribution is -2.09. The highest BCUT2D eigenvalue weighted by Gasteiger charge is 2.47. The zero-order valence-corrected chi connectivity index (χ0v) is 9.15. The van der Waals surface area contributed by atoms with Crippen molar-refractivity contribution >= 4 is 21.9 Å². The third kappa shape index (κ3) is 1.81. The fraction of sp³-hybridized carbons (Fsp3) is 0.300. The summed E-state index contributed by atoms with van der Waals surface area (Å²) in [7, 11) is 1.36. The highest BCUT2D eigenvalue weighted by Crippen LogP contribution is 2.39. The zero-order valence-electron chi connectivity index (χ0n) is 7.57. The SMILES string of the molecule is COC(=O)C1OC1c1cccc(Br)c1. The fourth-order valence-electron chi connectivity index (χ4n) is 1.34. The zero-order chi connectivity index (χ0) is 10.1. The molecule has 2 atom stereocenters. The van der Waals surface area contributed by atoms with Gasteiger partial charge in [0, 0.05) is 4.47 Å². The second-order valence-corrected chi connectivity index (χ2v) is 3.97. The first-order valence-electron chi connectivity index (χ1n) is 4.21. The lowest BCUT2D eigenvalue weighted by atomic mass is 10.1. The van der Waals surface area contributed by atoms with E-state index in [2.05, 4.69) is 20.7 Å². The van der Waals surface area contributed by atoms with Gasteiger partial charge in [-0.3, -0.25) is 0 Å². The predicted octanol–water partition coefficient (Wildman–Crippen LogP) is 2.06. The van der Waals surface area contributed by atoms with E-state index in [-0.39, 0.29) is 12.1 Å². The Morgan fingerprint density at radius 2 is 2.36 bits per heavy atom. The number of carbonyl (C=O) groups excluding carboxylic acids is 1. The van der Waals surface area contributed by atoms with E-state index in [0.717, 1.165) is 10.0 Å². The van der Waals surface area contributed by atoms with Crippen LogP contribution in [0.2, 0.25) is 0 Å². The van der Waals surface area contributed by atoms with Gasteiger partial charge < -0.3 is 9.47 Å². The summed E-state index contributed by atoms with van der Waals surface area (Å²) in [6, 6.07) is 7.71. The van der Waals surface area contributed by atoms with Gasteiger partial charge in [-0.15, -0.1) is 0 Å². The molecule has 2 rings (SSSR count).